The highest BCUT2D eigenvalue weighted by Gasteiger charge is 2.44. The Hall–Kier alpha value is -2.71. The lowest BCUT2D eigenvalue weighted by atomic mass is 10.2. The number of carbonyl (C=O) groups excluding carboxylic acids is 2. The number of nitrogens with one attached hydrogen (secondary N) is 2. The molecule has 26 heavy (non-hydrogen) atoms. The first-order chi connectivity index (χ1) is 12.5. The Morgan fingerprint density at radius 2 is 2.00 bits per heavy atom. The van der Waals surface area contributed by atoms with Gasteiger partial charge in [-0.15, -0.1) is 0 Å². The lowest BCUT2D eigenvalue weighted by molar-refractivity contribution is -0.121. The Balaban J connectivity index is 1.57. The maximum Gasteiger partial charge on any atom is 0.325 e. The molecule has 3 rings (SSSR count). The molecule has 2 aromatic rings. The van der Waals surface area contributed by atoms with Crippen molar-refractivity contribution in [3.05, 3.63) is 41.2 Å². The van der Waals surface area contributed by atoms with Crippen LogP contribution in [0.1, 0.15) is 12.0 Å². The van der Waals surface area contributed by atoms with Gasteiger partial charge in [0.1, 0.15) is 5.75 Å². The Bertz CT molecular complexity index is 828. The number of methoxy groups -OCH3 is 1. The van der Waals surface area contributed by atoms with Gasteiger partial charge in [0.2, 0.25) is 5.91 Å². The first kappa shape index (κ1) is 18.1. The second-order valence-electron chi connectivity index (χ2n) is 5.83. The van der Waals surface area contributed by atoms with Crippen LogP contribution in [0.2, 0.25) is 5.02 Å². The summed E-state index contributed by atoms with van der Waals surface area (Å²) in [4.78, 5) is 31.7. The zero-order valence-corrected chi connectivity index (χ0v) is 14.9. The highest BCUT2D eigenvalue weighted by Crippen LogP contribution is 2.33. The van der Waals surface area contributed by atoms with Crippen molar-refractivity contribution in [2.75, 3.05) is 12.4 Å². The van der Waals surface area contributed by atoms with Gasteiger partial charge in [0.25, 0.3) is 0 Å². The van der Waals surface area contributed by atoms with E-state index in [2.05, 4.69) is 20.6 Å². The molecule has 1 heterocycles. The van der Waals surface area contributed by atoms with Gasteiger partial charge in [-0.3, -0.25) is 10.1 Å². The topological polar surface area (TPSA) is 102 Å². The number of aromatic nitrogens is 2. The number of nitrogens with zero attached hydrogens (tertiary/aromatic N) is 2. The highest BCUT2D eigenvalue weighted by atomic mass is 35.5. The molecule has 3 amide bonds. The molecule has 8 nitrogen and oxygen atoms in total. The van der Waals surface area contributed by atoms with Crippen molar-refractivity contribution in [1.29, 1.82) is 0 Å². The smallest absolute Gasteiger partial charge is 0.325 e. The average molecular weight is 377 g/mol. The Kier molecular flexibility index (Phi) is 5.34. The van der Waals surface area contributed by atoms with E-state index in [4.69, 9.17) is 21.1 Å². The van der Waals surface area contributed by atoms with Crippen LogP contribution < -0.4 is 15.4 Å². The van der Waals surface area contributed by atoms with Gasteiger partial charge in [-0.25, -0.2) is 14.8 Å². The van der Waals surface area contributed by atoms with Crippen LogP contribution in [0, 0.1) is 12.8 Å². The number of carbonyl (C=O) groups is 2. The number of rotatable bonds is 5. The molecule has 1 aromatic carbocycles. The second kappa shape index (κ2) is 7.67. The highest BCUT2D eigenvalue weighted by molar-refractivity contribution is 6.30. The lowest BCUT2D eigenvalue weighted by Crippen LogP contribution is -2.36. The maximum atomic E-state index is 11.9. The third-order valence-corrected chi connectivity index (χ3v) is 4.03. The van der Waals surface area contributed by atoms with Crippen molar-refractivity contribution >= 4 is 29.2 Å². The summed E-state index contributed by atoms with van der Waals surface area (Å²) in [6.07, 6.45) is 3.40. The zero-order valence-electron chi connectivity index (χ0n) is 14.2. The van der Waals surface area contributed by atoms with Crippen LogP contribution in [0.5, 0.6) is 11.8 Å². The monoisotopic (exact) mass is 376 g/mol. The molecule has 136 valence electrons. The number of halogens is 1. The fourth-order valence-electron chi connectivity index (χ4n) is 2.37. The van der Waals surface area contributed by atoms with E-state index >= 15 is 0 Å². The van der Waals surface area contributed by atoms with Gasteiger partial charge in [-0.1, -0.05) is 11.6 Å². The number of urea groups is 1. The Labute approximate surface area is 154 Å². The van der Waals surface area contributed by atoms with Gasteiger partial charge in [0.05, 0.1) is 29.4 Å². The summed E-state index contributed by atoms with van der Waals surface area (Å²) in [6, 6.07) is 4.61. The van der Waals surface area contributed by atoms with Gasteiger partial charge in [0, 0.05) is 12.8 Å². The molecule has 1 aliphatic rings. The van der Waals surface area contributed by atoms with Crippen LogP contribution in [0.4, 0.5) is 10.5 Å². The number of anilines is 1. The van der Waals surface area contributed by atoms with Crippen LogP contribution >= 0.6 is 11.6 Å². The van der Waals surface area contributed by atoms with E-state index in [-0.39, 0.29) is 23.9 Å². The predicted octanol–water partition coefficient (Wildman–Crippen LogP) is 2.91. The van der Waals surface area contributed by atoms with Crippen molar-refractivity contribution in [2.45, 2.75) is 19.4 Å². The van der Waals surface area contributed by atoms with Gasteiger partial charge in [-0.2, -0.15) is 0 Å². The summed E-state index contributed by atoms with van der Waals surface area (Å²) in [7, 11) is 1.54. The van der Waals surface area contributed by atoms with Crippen LogP contribution in [0.15, 0.2) is 30.6 Å². The number of aryl methyl sites for hydroxylation is 1. The van der Waals surface area contributed by atoms with Crippen molar-refractivity contribution < 1.29 is 19.1 Å². The SMILES string of the molecule is COC1CC1C(=O)NC(=O)Nc1ccc(Oc2ncc(Cl)cn2)c(C)c1. The summed E-state index contributed by atoms with van der Waals surface area (Å²) < 4.78 is 10.6. The minimum absolute atomic E-state index is 0.100. The van der Waals surface area contributed by atoms with E-state index in [1.54, 1.807) is 25.3 Å². The molecule has 2 unspecified atom stereocenters. The van der Waals surface area contributed by atoms with Crippen molar-refractivity contribution in [2.24, 2.45) is 5.92 Å². The molecule has 1 fully saturated rings. The second-order valence-corrected chi connectivity index (χ2v) is 6.26. The molecule has 0 bridgehead atoms. The summed E-state index contributed by atoms with van der Waals surface area (Å²) in [5, 5.41) is 5.33. The molecule has 2 atom stereocenters. The van der Waals surface area contributed by atoms with E-state index in [9.17, 15) is 9.59 Å². The van der Waals surface area contributed by atoms with Crippen LogP contribution in [0.3, 0.4) is 0 Å². The number of hydrogen-bond donors (Lipinski definition) is 2. The van der Waals surface area contributed by atoms with Gasteiger partial charge in [-0.05, 0) is 37.1 Å². The van der Waals surface area contributed by atoms with Gasteiger partial charge in [0.15, 0.2) is 0 Å². The first-order valence-electron chi connectivity index (χ1n) is 7.87. The average Bonchev–Trinajstić information content (AvgIpc) is 3.39. The molecule has 1 aliphatic carbocycles. The normalized spacial score (nSPS) is 18.1. The molecule has 0 radical (unpaired) electrons. The van der Waals surface area contributed by atoms with E-state index in [0.717, 1.165) is 5.56 Å². The van der Waals surface area contributed by atoms with Crippen LogP contribution in [0.25, 0.3) is 0 Å². The third kappa shape index (κ3) is 4.47. The van der Waals surface area contributed by atoms with E-state index in [1.807, 2.05) is 6.92 Å². The van der Waals surface area contributed by atoms with Gasteiger partial charge >= 0.3 is 12.0 Å². The molecule has 9 heteroatoms. The van der Waals surface area contributed by atoms with Crippen LogP contribution in [-0.2, 0) is 9.53 Å². The third-order valence-electron chi connectivity index (χ3n) is 3.84. The number of hydrogen-bond acceptors (Lipinski definition) is 6. The summed E-state index contributed by atoms with van der Waals surface area (Å²) >= 11 is 5.73. The molecule has 2 N–H and O–H groups in total. The minimum atomic E-state index is -0.592. The first-order valence-corrected chi connectivity index (χ1v) is 8.24. The molecular weight excluding hydrogens is 360 g/mol. The largest absolute Gasteiger partial charge is 0.424 e. The number of ether oxygens (including phenoxy) is 2. The molecule has 0 saturated heterocycles. The Morgan fingerprint density at radius 3 is 2.62 bits per heavy atom. The quantitative estimate of drug-likeness (QED) is 0.831. The standard InChI is InChI=1S/C17H17ClN4O4/c1-9-5-11(21-16(24)22-15(23)12-6-14(12)25-2)3-4-13(9)26-17-19-7-10(18)8-20-17/h3-5,7-8,12,14H,6H2,1-2H3,(H2,21,22,23,24). The minimum Gasteiger partial charge on any atom is -0.424 e. The van der Waals surface area contributed by atoms with Crippen molar-refractivity contribution in [1.82, 2.24) is 15.3 Å². The molecule has 1 saturated carbocycles. The van der Waals surface area contributed by atoms with Crippen LogP contribution in [-0.4, -0.2) is 35.1 Å². The van der Waals surface area contributed by atoms with E-state index < -0.39 is 6.03 Å². The fourth-order valence-corrected chi connectivity index (χ4v) is 2.47. The molecule has 1 aromatic heterocycles. The van der Waals surface area contributed by atoms with Gasteiger partial charge < -0.3 is 14.8 Å². The molecular formula is C17H17ClN4O4. The maximum absolute atomic E-state index is 11.9. The summed E-state index contributed by atoms with van der Waals surface area (Å²) in [6.45, 7) is 1.81. The van der Waals surface area contributed by atoms with E-state index in [0.29, 0.717) is 22.9 Å². The lowest BCUT2D eigenvalue weighted by Gasteiger charge is -2.10. The number of imide groups is 1. The zero-order chi connectivity index (χ0) is 18.7. The number of benzene rings is 1. The van der Waals surface area contributed by atoms with Crippen molar-refractivity contribution in [3.63, 3.8) is 0 Å². The molecule has 0 aliphatic heterocycles. The van der Waals surface area contributed by atoms with Crippen molar-refractivity contribution in [3.8, 4) is 11.8 Å². The molecule has 0 spiro atoms. The summed E-state index contributed by atoms with van der Waals surface area (Å²) in [5.74, 6) is -0.0659. The Morgan fingerprint density at radius 1 is 1.27 bits per heavy atom. The summed E-state index contributed by atoms with van der Waals surface area (Å²) in [5.41, 5.74) is 1.28. The fraction of sp³-hybridized carbons (Fsp3) is 0.294. The predicted molar refractivity (Wildman–Crippen MR) is 94.4 cm³/mol. The number of amides is 3. The van der Waals surface area contributed by atoms with E-state index in [1.165, 1.54) is 12.4 Å².